The van der Waals surface area contributed by atoms with Gasteiger partial charge in [0.15, 0.2) is 5.11 Å². The lowest BCUT2D eigenvalue weighted by Crippen LogP contribution is -2.54. The number of amides is 2. The van der Waals surface area contributed by atoms with Crippen molar-refractivity contribution in [2.75, 3.05) is 4.90 Å². The number of nitrogens with one attached hydrogen (secondary N) is 1. The average molecular weight is 510 g/mol. The highest BCUT2D eigenvalue weighted by Crippen LogP contribution is 2.34. The molecule has 10 heteroatoms. The fourth-order valence-electron chi connectivity index (χ4n) is 3.23. The van der Waals surface area contributed by atoms with E-state index >= 15 is 0 Å². The molecule has 0 radical (unpaired) electrons. The molecule has 0 saturated carbocycles. The van der Waals surface area contributed by atoms with Gasteiger partial charge in [-0.15, -0.1) is 0 Å². The van der Waals surface area contributed by atoms with Gasteiger partial charge in [-0.05, 0) is 73.2 Å². The van der Waals surface area contributed by atoms with Gasteiger partial charge in [0.1, 0.15) is 5.57 Å². The second kappa shape index (κ2) is 9.76. The second-order valence-electron chi connectivity index (χ2n) is 7.33. The molecule has 0 spiro atoms. The van der Waals surface area contributed by atoms with Crippen molar-refractivity contribution in [2.45, 2.75) is 16.7 Å². The van der Waals surface area contributed by atoms with Crippen molar-refractivity contribution in [1.29, 1.82) is 0 Å². The predicted octanol–water partition coefficient (Wildman–Crippen LogP) is 5.54. The monoisotopic (exact) mass is 509 g/mol. The molecule has 2 amide bonds. The lowest BCUT2D eigenvalue weighted by molar-refractivity contribution is -0.384. The normalized spacial score (nSPS) is 14.9. The summed E-state index contributed by atoms with van der Waals surface area (Å²) in [5.41, 5.74) is 1.53. The Bertz CT molecular complexity index is 1360. The number of benzene rings is 3. The minimum Gasteiger partial charge on any atom is -0.298 e. The smallest absolute Gasteiger partial charge is 0.270 e. The van der Waals surface area contributed by atoms with Gasteiger partial charge in [0.25, 0.3) is 17.5 Å². The summed E-state index contributed by atoms with van der Waals surface area (Å²) in [6.07, 6.45) is 1.35. The molecular weight excluding hydrogens is 494 g/mol. The van der Waals surface area contributed by atoms with Crippen LogP contribution in [0.5, 0.6) is 0 Å². The topological polar surface area (TPSA) is 92.5 Å². The quantitative estimate of drug-likeness (QED) is 0.160. The Morgan fingerprint density at radius 2 is 1.74 bits per heavy atom. The number of rotatable bonds is 5. The van der Waals surface area contributed by atoms with Crippen LogP contribution in [0.4, 0.5) is 11.4 Å². The fourth-order valence-corrected chi connectivity index (χ4v) is 4.53. The number of carbonyl (C=O) groups is 2. The highest BCUT2D eigenvalue weighted by Gasteiger charge is 2.34. The molecule has 1 aliphatic heterocycles. The first kappa shape index (κ1) is 23.6. The average Bonchev–Trinajstić information content (AvgIpc) is 2.80. The van der Waals surface area contributed by atoms with Gasteiger partial charge in [0.2, 0.25) is 0 Å². The maximum absolute atomic E-state index is 13.3. The van der Waals surface area contributed by atoms with Crippen LogP contribution in [0.1, 0.15) is 11.1 Å². The van der Waals surface area contributed by atoms with Crippen molar-refractivity contribution in [3.05, 3.63) is 98.6 Å². The Hall–Kier alpha value is -3.53. The molecule has 7 nitrogen and oxygen atoms in total. The zero-order chi connectivity index (χ0) is 24.4. The predicted molar refractivity (Wildman–Crippen MR) is 136 cm³/mol. The molecule has 34 heavy (non-hydrogen) atoms. The molecule has 1 aliphatic rings. The Kier molecular flexibility index (Phi) is 6.78. The van der Waals surface area contributed by atoms with Crippen LogP contribution in [0.25, 0.3) is 6.08 Å². The summed E-state index contributed by atoms with van der Waals surface area (Å²) in [5.74, 6) is -1.33. The van der Waals surface area contributed by atoms with E-state index in [0.29, 0.717) is 21.2 Å². The van der Waals surface area contributed by atoms with Crippen LogP contribution >= 0.6 is 35.6 Å². The number of aryl methyl sites for hydroxylation is 1. The van der Waals surface area contributed by atoms with Gasteiger partial charge in [-0.3, -0.25) is 29.9 Å². The number of carbonyl (C=O) groups excluding carboxylic acids is 2. The Balaban J connectivity index is 1.77. The number of non-ortho nitro benzene ring substituents is 1. The molecule has 170 valence electrons. The SMILES string of the molecule is Cc1ccc(Sc2ccc([N+](=O)[O-])cc2C=C2C(=O)NC(=S)N(c3ccc(Cl)cc3)C2=O)cc1. The van der Waals surface area contributed by atoms with Crippen LogP contribution in [0, 0.1) is 17.0 Å². The van der Waals surface area contributed by atoms with E-state index in [2.05, 4.69) is 5.32 Å². The molecule has 3 aromatic rings. The van der Waals surface area contributed by atoms with E-state index in [9.17, 15) is 19.7 Å². The molecule has 0 aromatic heterocycles. The zero-order valence-corrected chi connectivity index (χ0v) is 20.0. The van der Waals surface area contributed by atoms with Crippen LogP contribution in [-0.4, -0.2) is 21.9 Å². The van der Waals surface area contributed by atoms with E-state index in [1.807, 2.05) is 31.2 Å². The number of thiocarbonyl (C=S) groups is 1. The van der Waals surface area contributed by atoms with Crippen molar-refractivity contribution < 1.29 is 14.5 Å². The molecule has 1 saturated heterocycles. The summed E-state index contributed by atoms with van der Waals surface area (Å²) < 4.78 is 0. The van der Waals surface area contributed by atoms with Crippen molar-refractivity contribution >= 4 is 70.0 Å². The van der Waals surface area contributed by atoms with Gasteiger partial charge < -0.3 is 0 Å². The number of anilines is 1. The minimum atomic E-state index is -0.682. The fraction of sp³-hybridized carbons (Fsp3) is 0.0417. The van der Waals surface area contributed by atoms with Crippen LogP contribution in [-0.2, 0) is 9.59 Å². The maximum Gasteiger partial charge on any atom is 0.270 e. The standard InChI is InChI=1S/C24H16ClN3O4S2/c1-14-2-9-19(10-3-14)34-21-11-8-18(28(31)32)12-15(21)13-20-22(29)26-24(33)27(23(20)30)17-6-4-16(25)5-7-17/h2-13H,1H3,(H,26,29,33). The van der Waals surface area contributed by atoms with E-state index in [4.69, 9.17) is 23.8 Å². The second-order valence-corrected chi connectivity index (χ2v) is 9.27. The number of hydrogen-bond donors (Lipinski definition) is 1. The first-order valence-corrected chi connectivity index (χ1v) is 11.5. The first-order chi connectivity index (χ1) is 16.2. The first-order valence-electron chi connectivity index (χ1n) is 9.93. The summed E-state index contributed by atoms with van der Waals surface area (Å²) >= 11 is 12.5. The van der Waals surface area contributed by atoms with Crippen molar-refractivity contribution in [3.8, 4) is 0 Å². The molecule has 0 unspecified atom stereocenters. The van der Waals surface area contributed by atoms with Crippen LogP contribution in [0.15, 0.2) is 82.1 Å². The summed E-state index contributed by atoms with van der Waals surface area (Å²) in [6.45, 7) is 1.97. The van der Waals surface area contributed by atoms with Crippen LogP contribution < -0.4 is 10.2 Å². The number of nitro groups is 1. The molecule has 1 fully saturated rings. The highest BCUT2D eigenvalue weighted by molar-refractivity contribution is 7.99. The minimum absolute atomic E-state index is 0.0669. The molecular formula is C24H16ClN3O4S2. The van der Waals surface area contributed by atoms with E-state index in [1.165, 1.54) is 34.9 Å². The third-order valence-electron chi connectivity index (χ3n) is 4.94. The summed E-state index contributed by atoms with van der Waals surface area (Å²) in [7, 11) is 0. The Morgan fingerprint density at radius 3 is 2.38 bits per heavy atom. The van der Waals surface area contributed by atoms with Gasteiger partial charge in [0.05, 0.1) is 10.6 Å². The third kappa shape index (κ3) is 5.01. The Morgan fingerprint density at radius 1 is 1.06 bits per heavy atom. The van der Waals surface area contributed by atoms with Crippen LogP contribution in [0.3, 0.4) is 0 Å². The molecule has 3 aromatic carbocycles. The number of nitrogens with zero attached hydrogens (tertiary/aromatic N) is 2. The Labute approximate surface area is 209 Å². The summed E-state index contributed by atoms with van der Waals surface area (Å²) in [4.78, 5) is 39.6. The highest BCUT2D eigenvalue weighted by atomic mass is 35.5. The van der Waals surface area contributed by atoms with E-state index in [1.54, 1.807) is 30.3 Å². The van der Waals surface area contributed by atoms with E-state index in [-0.39, 0.29) is 16.4 Å². The van der Waals surface area contributed by atoms with E-state index < -0.39 is 16.7 Å². The van der Waals surface area contributed by atoms with Crippen molar-refractivity contribution in [1.82, 2.24) is 5.32 Å². The summed E-state index contributed by atoms with van der Waals surface area (Å²) in [5, 5.41) is 14.3. The maximum atomic E-state index is 13.3. The van der Waals surface area contributed by atoms with Crippen molar-refractivity contribution in [2.24, 2.45) is 0 Å². The van der Waals surface area contributed by atoms with E-state index in [0.717, 1.165) is 10.5 Å². The largest absolute Gasteiger partial charge is 0.298 e. The lowest BCUT2D eigenvalue weighted by Gasteiger charge is -2.29. The summed E-state index contributed by atoms with van der Waals surface area (Å²) in [6, 6.07) is 18.5. The van der Waals surface area contributed by atoms with Gasteiger partial charge in [-0.2, -0.15) is 0 Å². The molecule has 0 atom stereocenters. The van der Waals surface area contributed by atoms with Gasteiger partial charge in [0, 0.05) is 26.9 Å². The van der Waals surface area contributed by atoms with Gasteiger partial charge >= 0.3 is 0 Å². The number of halogens is 1. The molecule has 1 N–H and O–H groups in total. The lowest BCUT2D eigenvalue weighted by atomic mass is 10.1. The number of hydrogen-bond acceptors (Lipinski definition) is 6. The van der Waals surface area contributed by atoms with Crippen molar-refractivity contribution in [3.63, 3.8) is 0 Å². The molecule has 0 bridgehead atoms. The zero-order valence-electron chi connectivity index (χ0n) is 17.7. The number of nitro benzene ring substituents is 1. The van der Waals surface area contributed by atoms with Crippen LogP contribution in [0.2, 0.25) is 5.02 Å². The van der Waals surface area contributed by atoms with Gasteiger partial charge in [-0.1, -0.05) is 41.1 Å². The molecule has 4 rings (SSSR count). The third-order valence-corrected chi connectivity index (χ3v) is 6.58. The molecule has 0 aliphatic carbocycles. The van der Waals surface area contributed by atoms with Gasteiger partial charge in [-0.25, -0.2) is 0 Å². The molecule has 1 heterocycles.